The van der Waals surface area contributed by atoms with E-state index in [9.17, 15) is 4.39 Å². The Balaban J connectivity index is 1.86. The number of piperidine rings is 1. The largest absolute Gasteiger partial charge is 0.385 e. The zero-order chi connectivity index (χ0) is 11.4. The van der Waals surface area contributed by atoms with Crippen molar-refractivity contribution in [2.75, 3.05) is 25.0 Å². The highest BCUT2D eigenvalue weighted by Crippen LogP contribution is 2.16. The van der Waals surface area contributed by atoms with Gasteiger partial charge in [0, 0.05) is 12.2 Å². The molecule has 1 unspecified atom stereocenters. The van der Waals surface area contributed by atoms with Crippen LogP contribution in [0.15, 0.2) is 18.2 Å². The molecule has 88 valence electrons. The number of rotatable bonds is 3. The first-order valence-electron chi connectivity index (χ1n) is 5.96. The van der Waals surface area contributed by atoms with Crippen LogP contribution in [0.2, 0.25) is 0 Å². The van der Waals surface area contributed by atoms with Crippen molar-refractivity contribution in [1.29, 1.82) is 0 Å². The maximum Gasteiger partial charge on any atom is 0.126 e. The van der Waals surface area contributed by atoms with Crippen LogP contribution in [0.1, 0.15) is 18.4 Å². The summed E-state index contributed by atoms with van der Waals surface area (Å²) in [7, 11) is 0. The van der Waals surface area contributed by atoms with Crippen molar-refractivity contribution >= 4 is 5.69 Å². The summed E-state index contributed by atoms with van der Waals surface area (Å²) >= 11 is 0. The highest BCUT2D eigenvalue weighted by Gasteiger charge is 2.12. The van der Waals surface area contributed by atoms with E-state index in [0.717, 1.165) is 25.3 Å². The number of halogens is 1. The molecule has 1 saturated heterocycles. The minimum atomic E-state index is -0.134. The molecule has 1 aliphatic rings. The van der Waals surface area contributed by atoms with E-state index in [1.807, 2.05) is 6.07 Å². The number of nitrogens with one attached hydrogen (secondary N) is 2. The van der Waals surface area contributed by atoms with Gasteiger partial charge < -0.3 is 10.6 Å². The van der Waals surface area contributed by atoms with Gasteiger partial charge in [-0.05, 0) is 62.5 Å². The van der Waals surface area contributed by atoms with Crippen LogP contribution >= 0.6 is 0 Å². The quantitative estimate of drug-likeness (QED) is 0.821. The van der Waals surface area contributed by atoms with Crippen LogP contribution in [0.4, 0.5) is 10.1 Å². The third-order valence-electron chi connectivity index (χ3n) is 3.15. The SMILES string of the molecule is Cc1cc(NCC2CCCNC2)ccc1F. The predicted octanol–water partition coefficient (Wildman–Crippen LogP) is 2.55. The van der Waals surface area contributed by atoms with E-state index in [0.29, 0.717) is 11.5 Å². The molecule has 1 aromatic rings. The van der Waals surface area contributed by atoms with E-state index in [1.165, 1.54) is 18.9 Å². The molecule has 0 aromatic heterocycles. The van der Waals surface area contributed by atoms with Crippen LogP contribution in [0.25, 0.3) is 0 Å². The standard InChI is InChI=1S/C13H19FN2/c1-10-7-12(4-5-13(10)14)16-9-11-3-2-6-15-8-11/h4-5,7,11,15-16H,2-3,6,8-9H2,1H3. The lowest BCUT2D eigenvalue weighted by Crippen LogP contribution is -2.33. The summed E-state index contributed by atoms with van der Waals surface area (Å²) in [5.74, 6) is 0.559. The molecule has 0 radical (unpaired) electrons. The fourth-order valence-corrected chi connectivity index (χ4v) is 2.12. The molecule has 16 heavy (non-hydrogen) atoms. The molecular weight excluding hydrogens is 203 g/mol. The van der Waals surface area contributed by atoms with Crippen LogP contribution in [0.5, 0.6) is 0 Å². The molecule has 0 saturated carbocycles. The molecule has 1 atom stereocenters. The topological polar surface area (TPSA) is 24.1 Å². The van der Waals surface area contributed by atoms with Gasteiger partial charge in [0.15, 0.2) is 0 Å². The molecular formula is C13H19FN2. The Kier molecular flexibility index (Phi) is 3.78. The Morgan fingerprint density at radius 2 is 2.38 bits per heavy atom. The highest BCUT2D eigenvalue weighted by molar-refractivity contribution is 5.45. The van der Waals surface area contributed by atoms with E-state index in [1.54, 1.807) is 13.0 Å². The second-order valence-corrected chi connectivity index (χ2v) is 4.56. The Bertz CT molecular complexity index is 346. The van der Waals surface area contributed by atoms with Crippen LogP contribution in [0, 0.1) is 18.7 Å². The fraction of sp³-hybridized carbons (Fsp3) is 0.538. The predicted molar refractivity (Wildman–Crippen MR) is 65.2 cm³/mol. The zero-order valence-electron chi connectivity index (χ0n) is 9.72. The van der Waals surface area contributed by atoms with Crippen molar-refractivity contribution in [1.82, 2.24) is 5.32 Å². The average molecular weight is 222 g/mol. The Hall–Kier alpha value is -1.09. The first kappa shape index (κ1) is 11.4. The van der Waals surface area contributed by atoms with Gasteiger partial charge in [-0.25, -0.2) is 4.39 Å². The van der Waals surface area contributed by atoms with Crippen molar-refractivity contribution in [3.63, 3.8) is 0 Å². The van der Waals surface area contributed by atoms with Crippen molar-refractivity contribution in [2.45, 2.75) is 19.8 Å². The fourth-order valence-electron chi connectivity index (χ4n) is 2.12. The second-order valence-electron chi connectivity index (χ2n) is 4.56. The molecule has 1 aromatic carbocycles. The summed E-state index contributed by atoms with van der Waals surface area (Å²) in [4.78, 5) is 0. The van der Waals surface area contributed by atoms with Crippen LogP contribution in [-0.4, -0.2) is 19.6 Å². The number of hydrogen-bond acceptors (Lipinski definition) is 2. The van der Waals surface area contributed by atoms with E-state index in [2.05, 4.69) is 10.6 Å². The zero-order valence-corrected chi connectivity index (χ0v) is 9.72. The molecule has 1 heterocycles. The lowest BCUT2D eigenvalue weighted by molar-refractivity contribution is 0.393. The lowest BCUT2D eigenvalue weighted by Gasteiger charge is -2.23. The van der Waals surface area contributed by atoms with Crippen molar-refractivity contribution in [3.05, 3.63) is 29.6 Å². The summed E-state index contributed by atoms with van der Waals surface area (Å²) in [6.07, 6.45) is 2.54. The molecule has 1 aliphatic heterocycles. The van der Waals surface area contributed by atoms with Crippen molar-refractivity contribution in [3.8, 4) is 0 Å². The van der Waals surface area contributed by atoms with Crippen molar-refractivity contribution in [2.24, 2.45) is 5.92 Å². The van der Waals surface area contributed by atoms with Gasteiger partial charge in [0.05, 0.1) is 0 Å². The van der Waals surface area contributed by atoms with Crippen molar-refractivity contribution < 1.29 is 4.39 Å². The Morgan fingerprint density at radius 1 is 1.50 bits per heavy atom. The molecule has 0 bridgehead atoms. The van der Waals surface area contributed by atoms with Gasteiger partial charge in [0.2, 0.25) is 0 Å². The Labute approximate surface area is 96.2 Å². The minimum Gasteiger partial charge on any atom is -0.385 e. The molecule has 0 aliphatic carbocycles. The van der Waals surface area contributed by atoms with E-state index in [-0.39, 0.29) is 5.82 Å². The van der Waals surface area contributed by atoms with Gasteiger partial charge >= 0.3 is 0 Å². The number of benzene rings is 1. The highest BCUT2D eigenvalue weighted by atomic mass is 19.1. The maximum absolute atomic E-state index is 13.1. The minimum absolute atomic E-state index is 0.134. The molecule has 0 amide bonds. The molecule has 1 fully saturated rings. The first-order chi connectivity index (χ1) is 7.75. The van der Waals surface area contributed by atoms with Crippen LogP contribution < -0.4 is 10.6 Å². The summed E-state index contributed by atoms with van der Waals surface area (Å²) in [5.41, 5.74) is 1.72. The lowest BCUT2D eigenvalue weighted by atomic mass is 9.99. The number of anilines is 1. The van der Waals surface area contributed by atoms with Gasteiger partial charge in [0.25, 0.3) is 0 Å². The summed E-state index contributed by atoms with van der Waals surface area (Å²) in [5, 5.41) is 6.77. The average Bonchev–Trinajstić information content (AvgIpc) is 2.32. The molecule has 3 heteroatoms. The van der Waals surface area contributed by atoms with Gasteiger partial charge in [-0.1, -0.05) is 0 Å². The maximum atomic E-state index is 13.1. The summed E-state index contributed by atoms with van der Waals surface area (Å²) in [6, 6.07) is 5.20. The van der Waals surface area contributed by atoms with Crippen LogP contribution in [-0.2, 0) is 0 Å². The summed E-state index contributed by atoms with van der Waals surface area (Å²) in [6.45, 7) is 5.00. The van der Waals surface area contributed by atoms with Gasteiger partial charge in [-0.15, -0.1) is 0 Å². The van der Waals surface area contributed by atoms with E-state index in [4.69, 9.17) is 0 Å². The monoisotopic (exact) mass is 222 g/mol. The molecule has 2 nitrogen and oxygen atoms in total. The van der Waals surface area contributed by atoms with Crippen LogP contribution in [0.3, 0.4) is 0 Å². The molecule has 2 rings (SSSR count). The molecule has 2 N–H and O–H groups in total. The number of hydrogen-bond donors (Lipinski definition) is 2. The van der Waals surface area contributed by atoms with Gasteiger partial charge in [-0.2, -0.15) is 0 Å². The Morgan fingerprint density at radius 3 is 3.06 bits per heavy atom. The number of aryl methyl sites for hydroxylation is 1. The second kappa shape index (κ2) is 5.30. The van der Waals surface area contributed by atoms with E-state index >= 15 is 0 Å². The van der Waals surface area contributed by atoms with E-state index < -0.39 is 0 Å². The third kappa shape index (κ3) is 2.95. The first-order valence-corrected chi connectivity index (χ1v) is 5.96. The third-order valence-corrected chi connectivity index (χ3v) is 3.15. The van der Waals surface area contributed by atoms with Gasteiger partial charge in [0.1, 0.15) is 5.82 Å². The normalized spacial score (nSPS) is 20.8. The van der Waals surface area contributed by atoms with Gasteiger partial charge in [-0.3, -0.25) is 0 Å². The molecule has 0 spiro atoms. The summed E-state index contributed by atoms with van der Waals surface area (Å²) < 4.78 is 13.1. The smallest absolute Gasteiger partial charge is 0.126 e.